The molecule has 0 atom stereocenters. The number of nitrogens with zero attached hydrogens (tertiary/aromatic N) is 1. The predicted molar refractivity (Wildman–Crippen MR) is 117 cm³/mol. The zero-order valence-electron chi connectivity index (χ0n) is 14.8. The van der Waals surface area contributed by atoms with Crippen molar-refractivity contribution in [3.05, 3.63) is 81.7 Å². The summed E-state index contributed by atoms with van der Waals surface area (Å²) in [7, 11) is 0. The number of thioether (sulfide) groups is 1. The van der Waals surface area contributed by atoms with Crippen molar-refractivity contribution in [3.63, 3.8) is 0 Å². The van der Waals surface area contributed by atoms with E-state index in [1.165, 1.54) is 11.8 Å². The van der Waals surface area contributed by atoms with E-state index in [0.29, 0.717) is 33.1 Å². The Hall–Kier alpha value is -2.08. The Morgan fingerprint density at radius 1 is 1.30 bits per heavy atom. The van der Waals surface area contributed by atoms with Crippen molar-refractivity contribution in [2.75, 3.05) is 6.54 Å². The predicted octanol–water partition coefficient (Wildman–Crippen LogP) is 5.61. The fourth-order valence-corrected chi connectivity index (χ4v) is 4.07. The van der Waals surface area contributed by atoms with Gasteiger partial charge in [0.1, 0.15) is 16.7 Å². The van der Waals surface area contributed by atoms with Crippen LogP contribution in [0.15, 0.2) is 60.0 Å². The summed E-state index contributed by atoms with van der Waals surface area (Å²) in [5.41, 5.74) is 2.82. The van der Waals surface area contributed by atoms with Crippen LogP contribution in [0, 0.1) is 6.92 Å². The van der Waals surface area contributed by atoms with Gasteiger partial charge in [-0.3, -0.25) is 9.69 Å². The smallest absolute Gasteiger partial charge is 0.266 e. The van der Waals surface area contributed by atoms with Crippen molar-refractivity contribution < 1.29 is 9.53 Å². The van der Waals surface area contributed by atoms with E-state index in [1.54, 1.807) is 11.0 Å². The van der Waals surface area contributed by atoms with Crippen LogP contribution in [-0.2, 0) is 11.4 Å². The topological polar surface area (TPSA) is 29.5 Å². The van der Waals surface area contributed by atoms with Gasteiger partial charge in [0, 0.05) is 22.7 Å². The van der Waals surface area contributed by atoms with Crippen LogP contribution in [0.5, 0.6) is 5.75 Å². The molecular formula is C21H18ClNO2S2. The Kier molecular flexibility index (Phi) is 6.37. The van der Waals surface area contributed by atoms with Gasteiger partial charge in [-0.05, 0) is 31.2 Å². The van der Waals surface area contributed by atoms with Gasteiger partial charge < -0.3 is 4.74 Å². The maximum Gasteiger partial charge on any atom is 0.266 e. The standard InChI is InChI=1S/C21H18ClNO2S2/c1-3-10-23-20(24)19(27-21(23)26)12-16-11-14(2)8-9-18(16)25-13-15-6-4-5-7-17(15)22/h3-9,11-12H,1,10,13H2,2H3. The number of benzene rings is 2. The number of aryl methyl sites for hydroxylation is 1. The molecule has 1 heterocycles. The first kappa shape index (κ1) is 19.7. The quantitative estimate of drug-likeness (QED) is 0.348. The van der Waals surface area contributed by atoms with E-state index in [-0.39, 0.29) is 5.91 Å². The Balaban J connectivity index is 1.86. The number of carbonyl (C=O) groups is 1. The van der Waals surface area contributed by atoms with Crippen LogP contribution in [0.25, 0.3) is 6.08 Å². The van der Waals surface area contributed by atoms with Crippen LogP contribution in [0.4, 0.5) is 0 Å². The minimum absolute atomic E-state index is 0.108. The Bertz CT molecular complexity index is 940. The number of rotatable bonds is 6. The fourth-order valence-electron chi connectivity index (χ4n) is 2.61. The molecule has 1 aliphatic rings. The van der Waals surface area contributed by atoms with Crippen molar-refractivity contribution in [1.82, 2.24) is 4.90 Å². The third kappa shape index (κ3) is 4.61. The summed E-state index contributed by atoms with van der Waals surface area (Å²) in [4.78, 5) is 14.7. The molecule has 0 spiro atoms. The van der Waals surface area contributed by atoms with Crippen LogP contribution >= 0.6 is 35.6 Å². The van der Waals surface area contributed by atoms with Crippen LogP contribution in [0.3, 0.4) is 0 Å². The van der Waals surface area contributed by atoms with E-state index in [2.05, 4.69) is 6.58 Å². The molecule has 2 aromatic carbocycles. The molecule has 0 bridgehead atoms. The zero-order chi connectivity index (χ0) is 19.4. The average molecular weight is 416 g/mol. The number of ether oxygens (including phenoxy) is 1. The molecule has 6 heteroatoms. The first-order valence-corrected chi connectivity index (χ1v) is 9.93. The van der Waals surface area contributed by atoms with Gasteiger partial charge in [-0.1, -0.05) is 71.5 Å². The van der Waals surface area contributed by atoms with Crippen LogP contribution in [0.1, 0.15) is 16.7 Å². The molecule has 3 nitrogen and oxygen atoms in total. The average Bonchev–Trinajstić information content (AvgIpc) is 2.90. The van der Waals surface area contributed by atoms with E-state index in [1.807, 2.05) is 55.5 Å². The molecule has 0 aliphatic carbocycles. The lowest BCUT2D eigenvalue weighted by atomic mass is 10.1. The van der Waals surface area contributed by atoms with Gasteiger partial charge >= 0.3 is 0 Å². The van der Waals surface area contributed by atoms with Gasteiger partial charge in [-0.15, -0.1) is 6.58 Å². The van der Waals surface area contributed by atoms with E-state index in [9.17, 15) is 4.79 Å². The molecule has 138 valence electrons. The second-order valence-corrected chi connectivity index (χ2v) is 8.09. The summed E-state index contributed by atoms with van der Waals surface area (Å²) in [6.07, 6.45) is 3.50. The van der Waals surface area contributed by atoms with Crippen molar-refractivity contribution in [1.29, 1.82) is 0 Å². The number of halogens is 1. The molecule has 0 aromatic heterocycles. The molecule has 1 saturated heterocycles. The normalized spacial score (nSPS) is 15.5. The Morgan fingerprint density at radius 2 is 2.07 bits per heavy atom. The molecule has 1 fully saturated rings. The zero-order valence-corrected chi connectivity index (χ0v) is 17.2. The third-order valence-corrected chi connectivity index (χ3v) is 5.72. The van der Waals surface area contributed by atoms with Gasteiger partial charge in [0.15, 0.2) is 0 Å². The van der Waals surface area contributed by atoms with Gasteiger partial charge in [-0.25, -0.2) is 0 Å². The van der Waals surface area contributed by atoms with E-state index in [0.717, 1.165) is 16.7 Å². The number of carbonyl (C=O) groups excluding carboxylic acids is 1. The second kappa shape index (κ2) is 8.74. The highest BCUT2D eigenvalue weighted by molar-refractivity contribution is 8.26. The van der Waals surface area contributed by atoms with Crippen LogP contribution in [-0.4, -0.2) is 21.7 Å². The maximum absolute atomic E-state index is 12.6. The molecule has 3 rings (SSSR count). The number of amides is 1. The molecule has 1 aliphatic heterocycles. The van der Waals surface area contributed by atoms with Crippen LogP contribution < -0.4 is 4.74 Å². The maximum atomic E-state index is 12.6. The monoisotopic (exact) mass is 415 g/mol. The number of hydrogen-bond acceptors (Lipinski definition) is 4. The van der Waals surface area contributed by atoms with Gasteiger partial charge in [0.25, 0.3) is 5.91 Å². The molecule has 2 aromatic rings. The first-order valence-electron chi connectivity index (χ1n) is 8.32. The molecule has 0 unspecified atom stereocenters. The molecular weight excluding hydrogens is 398 g/mol. The highest BCUT2D eigenvalue weighted by Crippen LogP contribution is 2.34. The molecule has 0 saturated carbocycles. The summed E-state index contributed by atoms with van der Waals surface area (Å²) >= 11 is 12.8. The summed E-state index contributed by atoms with van der Waals surface area (Å²) in [6.45, 7) is 6.43. The van der Waals surface area contributed by atoms with E-state index < -0.39 is 0 Å². The van der Waals surface area contributed by atoms with Crippen molar-refractivity contribution in [2.45, 2.75) is 13.5 Å². The van der Waals surface area contributed by atoms with Crippen molar-refractivity contribution in [3.8, 4) is 5.75 Å². The summed E-state index contributed by atoms with van der Waals surface area (Å²) in [6, 6.07) is 13.4. The molecule has 0 radical (unpaired) electrons. The Labute approximate surface area is 173 Å². The fraction of sp³-hybridized carbons (Fsp3) is 0.143. The van der Waals surface area contributed by atoms with E-state index in [4.69, 9.17) is 28.6 Å². The van der Waals surface area contributed by atoms with Crippen molar-refractivity contribution >= 4 is 51.9 Å². The highest BCUT2D eigenvalue weighted by Gasteiger charge is 2.31. The lowest BCUT2D eigenvalue weighted by molar-refractivity contribution is -0.121. The highest BCUT2D eigenvalue weighted by atomic mass is 35.5. The summed E-state index contributed by atoms with van der Waals surface area (Å²) < 4.78 is 6.53. The van der Waals surface area contributed by atoms with Crippen molar-refractivity contribution in [2.24, 2.45) is 0 Å². The molecule has 0 N–H and O–H groups in total. The summed E-state index contributed by atoms with van der Waals surface area (Å²) in [5, 5.41) is 0.663. The lowest BCUT2D eigenvalue weighted by Gasteiger charge is -2.12. The minimum atomic E-state index is -0.108. The van der Waals surface area contributed by atoms with Crippen LogP contribution in [0.2, 0.25) is 5.02 Å². The third-order valence-electron chi connectivity index (χ3n) is 3.98. The SMILES string of the molecule is C=CCN1C(=O)C(=Cc2cc(C)ccc2OCc2ccccc2Cl)SC1=S. The second-order valence-electron chi connectivity index (χ2n) is 6.00. The number of thiocarbonyl (C=S) groups is 1. The van der Waals surface area contributed by atoms with E-state index >= 15 is 0 Å². The lowest BCUT2D eigenvalue weighted by Crippen LogP contribution is -2.27. The first-order chi connectivity index (χ1) is 13.0. The van der Waals surface area contributed by atoms with Gasteiger partial charge in [0.2, 0.25) is 0 Å². The minimum Gasteiger partial charge on any atom is -0.488 e. The van der Waals surface area contributed by atoms with Gasteiger partial charge in [0.05, 0.1) is 4.91 Å². The van der Waals surface area contributed by atoms with Gasteiger partial charge in [-0.2, -0.15) is 0 Å². The molecule has 27 heavy (non-hydrogen) atoms. The summed E-state index contributed by atoms with van der Waals surface area (Å²) in [5.74, 6) is 0.581. The largest absolute Gasteiger partial charge is 0.488 e. The Morgan fingerprint density at radius 3 is 2.81 bits per heavy atom. The molecule has 1 amide bonds. The number of hydrogen-bond donors (Lipinski definition) is 0.